The zero-order valence-corrected chi connectivity index (χ0v) is 14.9. The van der Waals surface area contributed by atoms with E-state index in [0.29, 0.717) is 17.2 Å². The molecule has 0 bridgehead atoms. The predicted octanol–water partition coefficient (Wildman–Crippen LogP) is 3.01. The Morgan fingerprint density at radius 3 is 2.24 bits per heavy atom. The van der Waals surface area contributed by atoms with Gasteiger partial charge in [-0.2, -0.15) is 0 Å². The molecule has 0 radical (unpaired) electrons. The number of ether oxygens (including phenoxy) is 2. The zero-order chi connectivity index (χ0) is 18.1. The lowest BCUT2D eigenvalue weighted by atomic mass is 10.2. The van der Waals surface area contributed by atoms with Crippen molar-refractivity contribution in [1.82, 2.24) is 0 Å². The van der Waals surface area contributed by atoms with Gasteiger partial charge in [0.05, 0.1) is 31.4 Å². The quantitative estimate of drug-likeness (QED) is 0.757. The van der Waals surface area contributed by atoms with Crippen LogP contribution in [0.1, 0.15) is 0 Å². The van der Waals surface area contributed by atoms with Gasteiger partial charge in [-0.25, -0.2) is 0 Å². The molecule has 0 heterocycles. The fraction of sp³-hybridized carbons (Fsp3) is 0.222. The van der Waals surface area contributed by atoms with Crippen LogP contribution in [0.2, 0.25) is 0 Å². The first-order chi connectivity index (χ1) is 12.1. The molecule has 2 amide bonds. The smallest absolute Gasteiger partial charge is 0.234 e. The predicted molar refractivity (Wildman–Crippen MR) is 101 cm³/mol. The fourth-order valence-corrected chi connectivity index (χ4v) is 2.66. The summed E-state index contributed by atoms with van der Waals surface area (Å²) in [6, 6.07) is 14.3. The molecule has 0 aromatic heterocycles. The topological polar surface area (TPSA) is 76.7 Å². The SMILES string of the molecule is COc1ccc(NC(=O)CSCC(=O)Nc2ccccc2)c(OC)c1. The molecule has 0 aliphatic rings. The average Bonchev–Trinajstić information content (AvgIpc) is 2.62. The van der Waals surface area contributed by atoms with Crippen LogP contribution in [0.5, 0.6) is 11.5 Å². The zero-order valence-electron chi connectivity index (χ0n) is 14.1. The van der Waals surface area contributed by atoms with Crippen molar-refractivity contribution in [1.29, 1.82) is 0 Å². The monoisotopic (exact) mass is 360 g/mol. The molecule has 25 heavy (non-hydrogen) atoms. The fourth-order valence-electron chi connectivity index (χ4n) is 2.04. The highest BCUT2D eigenvalue weighted by Crippen LogP contribution is 2.29. The Hall–Kier alpha value is -2.67. The van der Waals surface area contributed by atoms with Gasteiger partial charge in [-0.3, -0.25) is 9.59 Å². The number of carbonyl (C=O) groups excluding carboxylic acids is 2. The van der Waals surface area contributed by atoms with E-state index in [1.54, 1.807) is 25.3 Å². The van der Waals surface area contributed by atoms with E-state index in [4.69, 9.17) is 9.47 Å². The van der Waals surface area contributed by atoms with E-state index in [9.17, 15) is 9.59 Å². The van der Waals surface area contributed by atoms with Gasteiger partial charge >= 0.3 is 0 Å². The molecule has 2 aromatic rings. The van der Waals surface area contributed by atoms with E-state index in [1.165, 1.54) is 18.9 Å². The molecule has 0 saturated carbocycles. The van der Waals surface area contributed by atoms with Gasteiger partial charge in [0.2, 0.25) is 11.8 Å². The molecule has 7 heteroatoms. The van der Waals surface area contributed by atoms with E-state index in [0.717, 1.165) is 5.69 Å². The summed E-state index contributed by atoms with van der Waals surface area (Å²) in [5.74, 6) is 1.16. The molecule has 0 atom stereocenters. The molecule has 6 nitrogen and oxygen atoms in total. The van der Waals surface area contributed by atoms with E-state index >= 15 is 0 Å². The molecule has 2 N–H and O–H groups in total. The van der Waals surface area contributed by atoms with Crippen LogP contribution in [0.4, 0.5) is 11.4 Å². The molecule has 2 aromatic carbocycles. The summed E-state index contributed by atoms with van der Waals surface area (Å²) in [5.41, 5.74) is 1.29. The van der Waals surface area contributed by atoms with Crippen LogP contribution in [-0.2, 0) is 9.59 Å². The first-order valence-corrected chi connectivity index (χ1v) is 8.72. The molecule has 132 valence electrons. The summed E-state index contributed by atoms with van der Waals surface area (Å²) in [4.78, 5) is 23.9. The number of thioether (sulfide) groups is 1. The van der Waals surface area contributed by atoms with Crippen molar-refractivity contribution in [3.63, 3.8) is 0 Å². The first kappa shape index (κ1) is 18.7. The lowest BCUT2D eigenvalue weighted by molar-refractivity contribution is -0.114. The Labute approximate surface area is 150 Å². The lowest BCUT2D eigenvalue weighted by Crippen LogP contribution is -2.18. The molecule has 0 saturated heterocycles. The van der Waals surface area contributed by atoms with Gasteiger partial charge in [0.25, 0.3) is 0 Å². The Morgan fingerprint density at radius 1 is 0.920 bits per heavy atom. The molecular formula is C18H20N2O4S. The number of benzene rings is 2. The Bertz CT molecular complexity index is 722. The minimum absolute atomic E-state index is 0.147. The second-order valence-corrected chi connectivity index (χ2v) is 6.01. The summed E-state index contributed by atoms with van der Waals surface area (Å²) in [6.45, 7) is 0. The number of methoxy groups -OCH3 is 2. The highest BCUT2D eigenvalue weighted by Gasteiger charge is 2.10. The van der Waals surface area contributed by atoms with Crippen molar-refractivity contribution in [2.45, 2.75) is 0 Å². The highest BCUT2D eigenvalue weighted by atomic mass is 32.2. The van der Waals surface area contributed by atoms with Gasteiger partial charge in [-0.1, -0.05) is 18.2 Å². The molecule has 0 unspecified atom stereocenters. The summed E-state index contributed by atoms with van der Waals surface area (Å²) in [5, 5.41) is 5.54. The molecule has 2 rings (SSSR count). The van der Waals surface area contributed by atoms with E-state index in [2.05, 4.69) is 10.6 Å². The van der Waals surface area contributed by atoms with Crippen LogP contribution in [-0.4, -0.2) is 37.5 Å². The van der Waals surface area contributed by atoms with Gasteiger partial charge in [0.1, 0.15) is 11.5 Å². The van der Waals surface area contributed by atoms with Crippen molar-refractivity contribution in [3.05, 3.63) is 48.5 Å². The van der Waals surface area contributed by atoms with Crippen LogP contribution in [0.3, 0.4) is 0 Å². The largest absolute Gasteiger partial charge is 0.497 e. The van der Waals surface area contributed by atoms with Gasteiger partial charge < -0.3 is 20.1 Å². The number of nitrogens with one attached hydrogen (secondary N) is 2. The highest BCUT2D eigenvalue weighted by molar-refractivity contribution is 8.00. The van der Waals surface area contributed by atoms with Crippen LogP contribution in [0.25, 0.3) is 0 Å². The van der Waals surface area contributed by atoms with Crippen molar-refractivity contribution in [3.8, 4) is 11.5 Å². The van der Waals surface area contributed by atoms with Crippen molar-refractivity contribution in [2.75, 3.05) is 36.4 Å². The van der Waals surface area contributed by atoms with Crippen molar-refractivity contribution < 1.29 is 19.1 Å². The van der Waals surface area contributed by atoms with E-state index in [1.807, 2.05) is 30.3 Å². The molecule has 0 spiro atoms. The number of hydrogen-bond acceptors (Lipinski definition) is 5. The molecular weight excluding hydrogens is 340 g/mol. The summed E-state index contributed by atoms with van der Waals surface area (Å²) in [6.07, 6.45) is 0. The maximum absolute atomic E-state index is 12.0. The lowest BCUT2D eigenvalue weighted by Gasteiger charge is -2.11. The average molecular weight is 360 g/mol. The van der Waals surface area contributed by atoms with E-state index in [-0.39, 0.29) is 23.3 Å². The number of hydrogen-bond donors (Lipinski definition) is 2. The van der Waals surface area contributed by atoms with Crippen LogP contribution >= 0.6 is 11.8 Å². The number of rotatable bonds is 8. The van der Waals surface area contributed by atoms with Crippen LogP contribution in [0, 0.1) is 0 Å². The Kier molecular flexibility index (Phi) is 7.16. The van der Waals surface area contributed by atoms with Crippen LogP contribution < -0.4 is 20.1 Å². The normalized spacial score (nSPS) is 10.0. The number of para-hydroxylation sites is 1. The molecule has 0 fully saturated rings. The molecule has 0 aliphatic heterocycles. The molecule has 0 aliphatic carbocycles. The van der Waals surface area contributed by atoms with Gasteiger partial charge in [0.15, 0.2) is 0 Å². The standard InChI is InChI=1S/C18H20N2O4S/c1-23-14-8-9-15(16(10-14)24-2)20-18(22)12-25-11-17(21)19-13-6-4-3-5-7-13/h3-10H,11-12H2,1-2H3,(H,19,21)(H,20,22). The maximum atomic E-state index is 12.0. The minimum atomic E-state index is -0.207. The van der Waals surface area contributed by atoms with Crippen molar-refractivity contribution >= 4 is 35.0 Å². The number of anilines is 2. The number of carbonyl (C=O) groups is 2. The third-order valence-corrected chi connectivity index (χ3v) is 4.14. The van der Waals surface area contributed by atoms with Gasteiger partial charge in [-0.15, -0.1) is 11.8 Å². The Balaban J connectivity index is 1.78. The summed E-state index contributed by atoms with van der Waals surface area (Å²) in [7, 11) is 3.08. The summed E-state index contributed by atoms with van der Waals surface area (Å²) >= 11 is 1.24. The van der Waals surface area contributed by atoms with Gasteiger partial charge in [-0.05, 0) is 24.3 Å². The first-order valence-electron chi connectivity index (χ1n) is 7.57. The summed E-state index contributed by atoms with van der Waals surface area (Å²) < 4.78 is 10.3. The van der Waals surface area contributed by atoms with Gasteiger partial charge in [0, 0.05) is 11.8 Å². The van der Waals surface area contributed by atoms with Crippen molar-refractivity contribution in [2.24, 2.45) is 0 Å². The second-order valence-electron chi connectivity index (χ2n) is 5.02. The number of amides is 2. The Morgan fingerprint density at radius 2 is 1.60 bits per heavy atom. The van der Waals surface area contributed by atoms with E-state index < -0.39 is 0 Å². The third kappa shape index (κ3) is 6.04. The second kappa shape index (κ2) is 9.58. The van der Waals surface area contributed by atoms with Crippen LogP contribution in [0.15, 0.2) is 48.5 Å². The maximum Gasteiger partial charge on any atom is 0.234 e. The third-order valence-electron chi connectivity index (χ3n) is 3.21. The minimum Gasteiger partial charge on any atom is -0.497 e.